The van der Waals surface area contributed by atoms with Gasteiger partial charge in [-0.25, -0.2) is 4.79 Å². The summed E-state index contributed by atoms with van der Waals surface area (Å²) in [6.45, 7) is 1.44. The summed E-state index contributed by atoms with van der Waals surface area (Å²) >= 11 is 0. The highest BCUT2D eigenvalue weighted by Crippen LogP contribution is 2.21. The first-order valence-electron chi connectivity index (χ1n) is 3.26. The first kappa shape index (κ1) is 6.22. The van der Waals surface area contributed by atoms with Crippen LogP contribution in [-0.4, -0.2) is 6.09 Å². The summed E-state index contributed by atoms with van der Waals surface area (Å²) in [5.74, 6) is 0. The van der Waals surface area contributed by atoms with Crippen molar-refractivity contribution < 1.29 is 9.53 Å². The summed E-state index contributed by atoms with van der Waals surface area (Å²) in [6, 6.07) is 7.44. The van der Waals surface area contributed by atoms with E-state index in [1.54, 1.807) is 0 Å². The smallest absolute Gasteiger partial charge is 0.412 e. The van der Waals surface area contributed by atoms with Gasteiger partial charge in [0.1, 0.15) is 0 Å². The van der Waals surface area contributed by atoms with Gasteiger partial charge < -0.3 is 4.74 Å². The molecule has 55 valence electrons. The molecule has 1 aromatic rings. The maximum atomic E-state index is 10.7. The summed E-state index contributed by atoms with van der Waals surface area (Å²) in [5, 5.41) is 2.57. The molecule has 1 N–H and O–H groups in total. The molecule has 0 spiro atoms. The van der Waals surface area contributed by atoms with Crippen LogP contribution in [0.5, 0.6) is 0 Å². The Labute approximate surface area is 64.0 Å². The number of para-hydroxylation sites is 1. The molecule has 0 atom stereocenters. The highest BCUT2D eigenvalue weighted by Gasteiger charge is 2.14. The fourth-order valence-corrected chi connectivity index (χ4v) is 0.970. The third-order valence-electron chi connectivity index (χ3n) is 1.49. The lowest BCUT2D eigenvalue weighted by atomic mass is 10.2. The number of carbonyl (C=O) groups excluding carboxylic acids is 1. The number of anilines is 1. The first-order valence-corrected chi connectivity index (χ1v) is 3.26. The van der Waals surface area contributed by atoms with E-state index < -0.39 is 6.09 Å². The predicted molar refractivity (Wildman–Crippen MR) is 39.9 cm³/mol. The minimum Gasteiger partial charge on any atom is -0.437 e. The first-order chi connectivity index (χ1) is 5.36. The van der Waals surface area contributed by atoms with E-state index in [0.29, 0.717) is 0 Å². The van der Waals surface area contributed by atoms with Crippen LogP contribution in [0.25, 0.3) is 0 Å². The van der Waals surface area contributed by atoms with Gasteiger partial charge in [0.25, 0.3) is 0 Å². The van der Waals surface area contributed by atoms with Gasteiger partial charge in [-0.05, 0) is 6.07 Å². The van der Waals surface area contributed by atoms with Crippen LogP contribution in [0, 0.1) is 6.61 Å². The molecule has 0 saturated heterocycles. The Morgan fingerprint density at radius 3 is 3.00 bits per heavy atom. The summed E-state index contributed by atoms with van der Waals surface area (Å²) in [7, 11) is 0. The molecule has 1 radical (unpaired) electrons. The molecule has 1 aliphatic rings. The topological polar surface area (TPSA) is 38.3 Å². The average molecular weight is 148 g/mol. The number of ether oxygens (including phenoxy) is 1. The molecular formula is C8H6NO2. The second-order valence-electron chi connectivity index (χ2n) is 2.24. The zero-order chi connectivity index (χ0) is 7.68. The largest absolute Gasteiger partial charge is 0.437 e. The molecule has 1 aliphatic heterocycles. The van der Waals surface area contributed by atoms with E-state index in [1.807, 2.05) is 24.3 Å². The van der Waals surface area contributed by atoms with Crippen LogP contribution in [0.3, 0.4) is 0 Å². The average Bonchev–Trinajstić information content (AvgIpc) is 2.04. The Kier molecular flexibility index (Phi) is 1.28. The van der Waals surface area contributed by atoms with Crippen LogP contribution in [0.4, 0.5) is 10.5 Å². The number of carbonyl (C=O) groups is 1. The minimum atomic E-state index is -0.427. The van der Waals surface area contributed by atoms with Gasteiger partial charge in [-0.3, -0.25) is 5.32 Å². The van der Waals surface area contributed by atoms with Crippen LogP contribution < -0.4 is 5.32 Å². The molecule has 0 aromatic heterocycles. The summed E-state index contributed by atoms with van der Waals surface area (Å²) in [6.07, 6.45) is -0.427. The maximum absolute atomic E-state index is 10.7. The fourth-order valence-electron chi connectivity index (χ4n) is 0.970. The molecule has 1 heterocycles. The Morgan fingerprint density at radius 2 is 2.09 bits per heavy atom. The van der Waals surface area contributed by atoms with Crippen molar-refractivity contribution in [1.82, 2.24) is 0 Å². The van der Waals surface area contributed by atoms with E-state index >= 15 is 0 Å². The lowest BCUT2D eigenvalue weighted by Gasteiger charge is -2.15. The zero-order valence-corrected chi connectivity index (χ0v) is 5.70. The molecule has 0 saturated carbocycles. The lowest BCUT2D eigenvalue weighted by molar-refractivity contribution is 0.189. The molecule has 3 heteroatoms. The van der Waals surface area contributed by atoms with Crippen molar-refractivity contribution in [1.29, 1.82) is 0 Å². The Morgan fingerprint density at radius 1 is 1.27 bits per heavy atom. The van der Waals surface area contributed by atoms with Gasteiger partial charge in [-0.1, -0.05) is 18.2 Å². The third-order valence-corrected chi connectivity index (χ3v) is 1.49. The fraction of sp³-hybridized carbons (Fsp3) is 0. The molecule has 0 aliphatic carbocycles. The summed E-state index contributed by atoms with van der Waals surface area (Å²) < 4.78 is 4.63. The van der Waals surface area contributed by atoms with Crippen molar-refractivity contribution in [3.63, 3.8) is 0 Å². The van der Waals surface area contributed by atoms with Crippen molar-refractivity contribution in [2.75, 3.05) is 5.32 Å². The maximum Gasteiger partial charge on any atom is 0.412 e. The Bertz CT molecular complexity index is 296. The third kappa shape index (κ3) is 1.05. The number of benzene rings is 1. The predicted octanol–water partition coefficient (Wildman–Crippen LogP) is 1.76. The monoisotopic (exact) mass is 148 g/mol. The number of rotatable bonds is 0. The van der Waals surface area contributed by atoms with Gasteiger partial charge in [0.15, 0.2) is 6.61 Å². The molecule has 0 unspecified atom stereocenters. The van der Waals surface area contributed by atoms with Crippen molar-refractivity contribution in [3.05, 3.63) is 36.4 Å². The van der Waals surface area contributed by atoms with Crippen molar-refractivity contribution in [2.24, 2.45) is 0 Å². The molecule has 0 bridgehead atoms. The quantitative estimate of drug-likeness (QED) is 0.608. The van der Waals surface area contributed by atoms with Gasteiger partial charge in [-0.15, -0.1) is 0 Å². The Balaban J connectivity index is 2.41. The normalized spacial score (nSPS) is 14.7. The zero-order valence-electron chi connectivity index (χ0n) is 5.70. The van der Waals surface area contributed by atoms with Crippen LogP contribution in [0.15, 0.2) is 24.3 Å². The number of hydrogen-bond donors (Lipinski definition) is 1. The molecule has 11 heavy (non-hydrogen) atoms. The van der Waals surface area contributed by atoms with E-state index in [4.69, 9.17) is 0 Å². The number of hydrogen-bond acceptors (Lipinski definition) is 2. The van der Waals surface area contributed by atoms with Gasteiger partial charge in [-0.2, -0.15) is 0 Å². The number of fused-ring (bicyclic) bond motifs is 1. The van der Waals surface area contributed by atoms with Gasteiger partial charge in [0.2, 0.25) is 0 Å². The van der Waals surface area contributed by atoms with Crippen LogP contribution in [0.1, 0.15) is 5.56 Å². The van der Waals surface area contributed by atoms with Crippen molar-refractivity contribution in [2.45, 2.75) is 0 Å². The van der Waals surface area contributed by atoms with E-state index in [0.717, 1.165) is 11.3 Å². The SMILES string of the molecule is O=C1Nc2ccccc2[CH]O1. The molecule has 2 rings (SSSR count). The standard InChI is InChI=1S/C8H6NO2/c10-8-9-7-4-2-1-3-6(7)5-11-8/h1-5H,(H,9,10). The van der Waals surface area contributed by atoms with E-state index in [-0.39, 0.29) is 0 Å². The van der Waals surface area contributed by atoms with E-state index in [2.05, 4.69) is 10.1 Å². The molecule has 1 amide bonds. The van der Waals surface area contributed by atoms with Crippen LogP contribution in [0.2, 0.25) is 0 Å². The van der Waals surface area contributed by atoms with Gasteiger partial charge in [0, 0.05) is 5.56 Å². The molecular weight excluding hydrogens is 142 g/mol. The molecule has 3 nitrogen and oxygen atoms in total. The number of amides is 1. The van der Waals surface area contributed by atoms with Gasteiger partial charge >= 0.3 is 6.09 Å². The van der Waals surface area contributed by atoms with E-state index in [1.165, 1.54) is 6.61 Å². The second-order valence-corrected chi connectivity index (χ2v) is 2.24. The van der Waals surface area contributed by atoms with E-state index in [9.17, 15) is 4.79 Å². The second kappa shape index (κ2) is 2.27. The van der Waals surface area contributed by atoms with Crippen LogP contribution in [-0.2, 0) is 4.74 Å². The molecule has 0 fully saturated rings. The molecule has 1 aromatic carbocycles. The minimum absolute atomic E-state index is 0.427. The lowest BCUT2D eigenvalue weighted by Crippen LogP contribution is -2.18. The highest BCUT2D eigenvalue weighted by molar-refractivity contribution is 5.88. The number of cyclic esters (lactones) is 1. The Hall–Kier alpha value is -1.51. The summed E-state index contributed by atoms with van der Waals surface area (Å²) in [5.41, 5.74) is 1.69. The van der Waals surface area contributed by atoms with Gasteiger partial charge in [0.05, 0.1) is 5.69 Å². The summed E-state index contributed by atoms with van der Waals surface area (Å²) in [4.78, 5) is 10.7. The number of nitrogens with one attached hydrogen (secondary N) is 1. The van der Waals surface area contributed by atoms with Crippen LogP contribution >= 0.6 is 0 Å². The highest BCUT2D eigenvalue weighted by atomic mass is 16.5. The van der Waals surface area contributed by atoms with Crippen molar-refractivity contribution in [3.8, 4) is 0 Å². The van der Waals surface area contributed by atoms with Crippen molar-refractivity contribution >= 4 is 11.8 Å².